The van der Waals surface area contributed by atoms with E-state index in [0.717, 1.165) is 46.6 Å². The van der Waals surface area contributed by atoms with Gasteiger partial charge in [-0.1, -0.05) is 55.4 Å². The van der Waals surface area contributed by atoms with E-state index in [1.807, 2.05) is 55.4 Å². The minimum absolute atomic E-state index is 0.0431. The molecule has 0 fully saturated rings. The van der Waals surface area contributed by atoms with Gasteiger partial charge in [-0.2, -0.15) is 0 Å². The predicted molar refractivity (Wildman–Crippen MR) is 443 cm³/mol. The van der Waals surface area contributed by atoms with Crippen LogP contribution in [0.2, 0.25) is 0 Å². The van der Waals surface area contributed by atoms with Gasteiger partial charge in [0.2, 0.25) is 23.6 Å². The highest BCUT2D eigenvalue weighted by Gasteiger charge is 2.20. The van der Waals surface area contributed by atoms with Gasteiger partial charge in [0, 0.05) is 88.6 Å². The molecule has 0 atom stereocenters. The molecule has 578 valence electrons. The van der Waals surface area contributed by atoms with E-state index in [1.54, 1.807) is 121 Å². The van der Waals surface area contributed by atoms with Gasteiger partial charge in [0.1, 0.15) is 46.0 Å². The molecular weight excluding hydrogens is 1940 g/mol. The molecule has 0 radical (unpaired) electrons. The molecule has 0 saturated heterocycles. The lowest BCUT2D eigenvalue weighted by molar-refractivity contribution is -0.138. The van der Waals surface area contributed by atoms with Crippen LogP contribution < -0.4 is 40.2 Å². The van der Waals surface area contributed by atoms with E-state index in [-0.39, 0.29) is 90.6 Å². The molecule has 0 spiro atoms. The maximum atomic E-state index is 11.9. The highest BCUT2D eigenvalue weighted by Crippen LogP contribution is 2.46. The van der Waals surface area contributed by atoms with Crippen molar-refractivity contribution in [3.63, 3.8) is 0 Å². The topological polar surface area (TPSA) is 383 Å². The summed E-state index contributed by atoms with van der Waals surface area (Å²) < 4.78 is 28.5. The third-order valence-electron chi connectivity index (χ3n) is 14.6. The number of nitrogens with one attached hydrogen (secondary N) is 4. The minimum Gasteiger partial charge on any atom is -0.508 e. The summed E-state index contributed by atoms with van der Waals surface area (Å²) in [6, 6.07) is 33.4. The van der Waals surface area contributed by atoms with Gasteiger partial charge in [-0.3, -0.25) is 28.8 Å². The third kappa shape index (κ3) is 30.2. The number of aliphatic carboxylic acids is 4. The van der Waals surface area contributed by atoms with Gasteiger partial charge in [0.05, 0.1) is 42.2 Å². The fraction of sp³-hybridized carbons (Fsp3) is 0.221. The summed E-state index contributed by atoms with van der Waals surface area (Å²) in [6.45, 7) is 15.8. The van der Waals surface area contributed by atoms with Gasteiger partial charge in [0.15, 0.2) is 23.0 Å². The molecule has 4 amide bonds. The molecule has 0 aromatic heterocycles. The van der Waals surface area contributed by atoms with Crippen molar-refractivity contribution < 1.29 is 98.2 Å². The number of carbonyl (C=O) groups is 8. The van der Waals surface area contributed by atoms with Crippen LogP contribution in [0.3, 0.4) is 0 Å². The molecule has 8 aromatic carbocycles. The number of hydrogen-bond acceptors (Lipinski definition) is 16. The number of phenols is 4. The Morgan fingerprint density at radius 2 is 0.550 bits per heavy atom. The molecule has 0 unspecified atom stereocenters. The lowest BCUT2D eigenvalue weighted by atomic mass is 10.0. The number of halogens is 8. The van der Waals surface area contributed by atoms with Crippen molar-refractivity contribution in [2.45, 2.75) is 111 Å². The largest absolute Gasteiger partial charge is 0.508 e. The number of carboxylic acid groups (broad SMARTS) is 4. The van der Waals surface area contributed by atoms with Crippen molar-refractivity contribution >= 4 is 198 Å². The van der Waals surface area contributed by atoms with Crippen LogP contribution in [-0.2, 0) is 38.4 Å². The zero-order valence-electron chi connectivity index (χ0n) is 59.2. The Morgan fingerprint density at radius 3 is 0.771 bits per heavy atom. The number of carbonyl (C=O) groups excluding carboxylic acids is 4. The van der Waals surface area contributed by atoms with Gasteiger partial charge < -0.3 is 81.1 Å². The molecule has 0 aliphatic rings. The zero-order valence-corrected chi connectivity index (χ0v) is 71.9. The molecule has 0 aliphatic carbocycles. The van der Waals surface area contributed by atoms with Crippen LogP contribution >= 0.6 is 127 Å². The number of benzene rings is 8. The van der Waals surface area contributed by atoms with Crippen LogP contribution in [0.5, 0.6) is 69.0 Å². The molecule has 32 heteroatoms. The Kier molecular flexibility index (Phi) is 36.3. The first-order valence-electron chi connectivity index (χ1n) is 32.6. The fourth-order valence-electron chi connectivity index (χ4n) is 9.35. The van der Waals surface area contributed by atoms with Crippen LogP contribution in [0.25, 0.3) is 0 Å². The molecule has 24 nitrogen and oxygen atoms in total. The third-order valence-corrected chi connectivity index (χ3v) is 19.3. The first-order chi connectivity index (χ1) is 51.2. The van der Waals surface area contributed by atoms with Crippen LogP contribution in [-0.4, -0.2) is 88.4 Å². The van der Waals surface area contributed by atoms with Crippen LogP contribution in [0.1, 0.15) is 133 Å². The van der Waals surface area contributed by atoms with Crippen molar-refractivity contribution in [3.05, 3.63) is 204 Å². The summed E-state index contributed by atoms with van der Waals surface area (Å²) in [4.78, 5) is 89.1. The van der Waals surface area contributed by atoms with Gasteiger partial charge in [-0.25, -0.2) is 9.59 Å². The van der Waals surface area contributed by atoms with Crippen LogP contribution in [0.15, 0.2) is 181 Å². The first-order valence-corrected chi connectivity index (χ1v) is 39.0. The molecule has 0 saturated carbocycles. The molecule has 12 N–H and O–H groups in total. The van der Waals surface area contributed by atoms with E-state index in [4.69, 9.17) is 39.4 Å². The van der Waals surface area contributed by atoms with Crippen LogP contribution in [0, 0.1) is 0 Å². The Morgan fingerprint density at radius 1 is 0.321 bits per heavy atom. The Bertz CT molecular complexity index is 4500. The van der Waals surface area contributed by atoms with Crippen molar-refractivity contribution in [2.75, 3.05) is 21.3 Å². The second kappa shape index (κ2) is 43.6. The minimum atomic E-state index is -1.20. The van der Waals surface area contributed by atoms with Gasteiger partial charge in [0.25, 0.3) is 0 Å². The number of hydrogen-bond donors (Lipinski definition) is 12. The number of aromatic hydroxyl groups is 4. The quantitative estimate of drug-likeness (QED) is 0.0213. The number of rotatable bonds is 27. The van der Waals surface area contributed by atoms with Crippen LogP contribution in [0.4, 0.5) is 22.7 Å². The summed E-state index contributed by atoms with van der Waals surface area (Å²) in [5, 5.41) is 84.6. The summed E-state index contributed by atoms with van der Waals surface area (Å²) in [5.74, 6) is -0.407. The summed E-state index contributed by atoms with van der Waals surface area (Å²) >= 11 is 27.3. The lowest BCUT2D eigenvalue weighted by Gasteiger charge is -2.15. The van der Waals surface area contributed by atoms with E-state index in [1.165, 1.54) is 0 Å². The number of ether oxygens (including phenoxy) is 4. The highest BCUT2D eigenvalue weighted by molar-refractivity contribution is 9.12. The Balaban J connectivity index is 0.000000260. The van der Waals surface area contributed by atoms with E-state index >= 15 is 0 Å². The second-order valence-electron chi connectivity index (χ2n) is 24.5. The van der Waals surface area contributed by atoms with Crippen molar-refractivity contribution in [2.24, 2.45) is 0 Å². The smallest absolute Gasteiger partial charge is 0.328 e. The highest BCUT2D eigenvalue weighted by atomic mass is 79.9. The maximum Gasteiger partial charge on any atom is 0.328 e. The molecular formula is C77H74Br8N4O20. The number of amides is 4. The second-order valence-corrected chi connectivity index (χ2v) is 31.4. The lowest BCUT2D eigenvalue weighted by Crippen LogP contribution is -2.13. The SMILES string of the molecule is CC(C)c1cc(Oc2c(Br)cc(NC(=O)/C=C/C(=O)O)cc2Br)ccc1O.CC(C)c1cc(Oc2c(Br)cc(NC(=O)/C=C\C(=O)O)cc2Br)ccc1O.CC(C)c1cc(Oc2c(Br)cc(NC(=O)CCC(=O)O)cc2Br)ccc1O.CC(C)c1cc(Oc2c(Br)cc(NC(=O)CCCC(=O)O)cc2Br)ccc1O. The van der Waals surface area contributed by atoms with Gasteiger partial charge in [-0.05, 0) is 279 Å². The van der Waals surface area contributed by atoms with E-state index in [0.29, 0.717) is 105 Å². The molecule has 8 aromatic rings. The van der Waals surface area contributed by atoms with E-state index < -0.39 is 35.7 Å². The normalized spacial score (nSPS) is 10.9. The van der Waals surface area contributed by atoms with Crippen molar-refractivity contribution in [1.29, 1.82) is 0 Å². The Labute approximate surface area is 694 Å². The molecule has 0 bridgehead atoms. The molecule has 0 heterocycles. The van der Waals surface area contributed by atoms with Gasteiger partial charge >= 0.3 is 23.9 Å². The van der Waals surface area contributed by atoms with Crippen molar-refractivity contribution in [1.82, 2.24) is 0 Å². The number of anilines is 4. The monoisotopic (exact) mass is 2010 g/mol. The molecule has 0 aliphatic heterocycles. The Hall–Kier alpha value is -8.76. The van der Waals surface area contributed by atoms with E-state index in [2.05, 4.69) is 149 Å². The average molecular weight is 2010 g/mol. The molecule has 8 rings (SSSR count). The number of phenolic OH excluding ortho intramolecular Hbond substituents is 4. The summed E-state index contributed by atoms with van der Waals surface area (Å²) in [7, 11) is 0. The standard InChI is InChI=1S/C20H21Br2NO5.C19H19Br2NO5.2C19H17Br2NO5/c1-11(2)14-10-13(6-7-17(14)24)28-20-15(21)8-12(9-16(20)22)23-18(25)4-3-5-19(26)27;3*1-10(2)13-9-12(3-4-16(13)23)27-19-14(20)7-11(8-15(19)21)22-17(24)5-6-18(25)26/h6-11,24H,3-5H2,1-2H3,(H,23,25)(H,26,27);3-4,7-10,23H,5-6H2,1-2H3,(H,22,24)(H,25,26);2*3-10,23H,1-2H3,(H,22,24)(H,25,26)/b;;6-5+;6-5-. The van der Waals surface area contributed by atoms with E-state index in [9.17, 15) is 58.8 Å². The first kappa shape index (κ1) is 90.9. The predicted octanol–water partition coefficient (Wildman–Crippen LogP) is 22.5. The summed E-state index contributed by atoms with van der Waals surface area (Å²) in [6.07, 6.45) is 3.41. The summed E-state index contributed by atoms with van der Waals surface area (Å²) in [5.41, 5.74) is 5.08. The maximum absolute atomic E-state index is 11.9. The van der Waals surface area contributed by atoms with Crippen molar-refractivity contribution in [3.8, 4) is 69.0 Å². The number of carboxylic acids is 4. The molecule has 109 heavy (non-hydrogen) atoms. The fourth-order valence-corrected chi connectivity index (χ4v) is 14.7. The zero-order chi connectivity index (χ0) is 81.3. The van der Waals surface area contributed by atoms with Gasteiger partial charge in [-0.15, -0.1) is 0 Å². The average Bonchev–Trinajstić information content (AvgIpc) is 0.832.